The molecule has 4 rings (SSSR count). The first-order chi connectivity index (χ1) is 17.5. The second kappa shape index (κ2) is 11.0. The highest BCUT2D eigenvalue weighted by atomic mass is 16.5. The van der Waals surface area contributed by atoms with Crippen molar-refractivity contribution in [2.75, 3.05) is 34.5 Å². The first-order valence-electron chi connectivity index (χ1n) is 11.6. The van der Waals surface area contributed by atoms with Crippen LogP contribution in [-0.2, 0) is 16.0 Å². The molecule has 3 aromatic rings. The van der Waals surface area contributed by atoms with Crippen LogP contribution < -0.4 is 19.5 Å². The number of benzene rings is 3. The largest absolute Gasteiger partial charge is 0.493 e. The molecule has 0 radical (unpaired) electrons. The van der Waals surface area contributed by atoms with Gasteiger partial charge in [-0.3, -0.25) is 4.79 Å². The van der Waals surface area contributed by atoms with Crippen molar-refractivity contribution in [1.82, 2.24) is 5.32 Å². The maximum absolute atomic E-state index is 12.5. The quantitative estimate of drug-likeness (QED) is 0.431. The van der Waals surface area contributed by atoms with E-state index in [1.807, 2.05) is 36.4 Å². The number of carbonyl (C=O) groups is 2. The second-order valence-corrected chi connectivity index (χ2v) is 8.48. The highest BCUT2D eigenvalue weighted by Crippen LogP contribution is 2.44. The molecule has 36 heavy (non-hydrogen) atoms. The van der Waals surface area contributed by atoms with E-state index in [2.05, 4.69) is 17.4 Å². The number of carboxylic acid groups (broad SMARTS) is 1. The molecule has 8 heteroatoms. The Morgan fingerprint density at radius 1 is 0.889 bits per heavy atom. The molecule has 0 saturated heterocycles. The number of carbonyl (C=O) groups excluding carboxylic acids is 1. The van der Waals surface area contributed by atoms with Crippen LogP contribution in [0.2, 0.25) is 0 Å². The van der Waals surface area contributed by atoms with Crippen molar-refractivity contribution in [3.63, 3.8) is 0 Å². The number of hydrogen-bond donors (Lipinski definition) is 2. The number of aliphatic carboxylic acids is 1. The number of alkyl carbamates (subject to hydrolysis) is 1. The Kier molecular flexibility index (Phi) is 7.63. The number of hydrogen-bond acceptors (Lipinski definition) is 6. The molecule has 1 amide bonds. The predicted octanol–water partition coefficient (Wildman–Crippen LogP) is 4.49. The second-order valence-electron chi connectivity index (χ2n) is 8.48. The van der Waals surface area contributed by atoms with Crippen LogP contribution >= 0.6 is 0 Å². The summed E-state index contributed by atoms with van der Waals surface area (Å²) in [6.07, 6.45) is -0.511. The summed E-state index contributed by atoms with van der Waals surface area (Å²) in [6.45, 7) is 0.0626. The van der Waals surface area contributed by atoms with E-state index in [1.165, 1.54) is 21.3 Å². The van der Waals surface area contributed by atoms with Crippen molar-refractivity contribution in [1.29, 1.82) is 0 Å². The fourth-order valence-corrected chi connectivity index (χ4v) is 4.64. The number of nitrogens with one attached hydrogen (secondary N) is 1. The Morgan fingerprint density at radius 3 is 1.94 bits per heavy atom. The standard InChI is InChI=1S/C28H29NO7/c1-33-24-13-17(14-25(34-2)26(24)35-3)12-18(27(30)31)15-29-28(32)36-16-23-21-10-6-4-8-19(21)20-9-5-7-11-22(20)23/h4-11,13-14,18,23H,12,15-16H2,1-3H3,(H,29,32)(H,30,31). The Bertz CT molecular complexity index is 1190. The van der Waals surface area contributed by atoms with Gasteiger partial charge < -0.3 is 29.4 Å². The lowest BCUT2D eigenvalue weighted by molar-refractivity contribution is -0.141. The van der Waals surface area contributed by atoms with Crippen molar-refractivity contribution >= 4 is 12.1 Å². The average Bonchev–Trinajstić information content (AvgIpc) is 3.22. The van der Waals surface area contributed by atoms with Crippen molar-refractivity contribution < 1.29 is 33.6 Å². The first-order valence-corrected chi connectivity index (χ1v) is 11.6. The lowest BCUT2D eigenvalue weighted by atomic mass is 9.98. The Labute approximate surface area is 209 Å². The topological polar surface area (TPSA) is 103 Å². The summed E-state index contributed by atoms with van der Waals surface area (Å²) in [6, 6.07) is 19.5. The molecule has 1 aliphatic rings. The molecule has 188 valence electrons. The van der Waals surface area contributed by atoms with E-state index >= 15 is 0 Å². The molecule has 8 nitrogen and oxygen atoms in total. The third-order valence-electron chi connectivity index (χ3n) is 6.39. The van der Waals surface area contributed by atoms with E-state index in [4.69, 9.17) is 18.9 Å². The van der Waals surface area contributed by atoms with Gasteiger partial charge >= 0.3 is 12.1 Å². The van der Waals surface area contributed by atoms with Crippen LogP contribution in [0.25, 0.3) is 11.1 Å². The summed E-state index contributed by atoms with van der Waals surface area (Å²) in [5.74, 6) is -0.706. The maximum Gasteiger partial charge on any atom is 0.407 e. The van der Waals surface area contributed by atoms with Crippen molar-refractivity contribution in [3.05, 3.63) is 77.4 Å². The average molecular weight is 492 g/mol. The van der Waals surface area contributed by atoms with Gasteiger partial charge in [-0.15, -0.1) is 0 Å². The lowest BCUT2D eigenvalue weighted by Crippen LogP contribution is -2.35. The molecule has 2 N–H and O–H groups in total. The SMILES string of the molecule is COc1cc(CC(CNC(=O)OCC2c3ccccc3-c3ccccc32)C(=O)O)cc(OC)c1OC. The lowest BCUT2D eigenvalue weighted by Gasteiger charge is -2.18. The van der Waals surface area contributed by atoms with Crippen LogP contribution in [0.15, 0.2) is 60.7 Å². The molecule has 1 aliphatic carbocycles. The van der Waals surface area contributed by atoms with Gasteiger partial charge in [0, 0.05) is 12.5 Å². The van der Waals surface area contributed by atoms with Gasteiger partial charge in [0.15, 0.2) is 11.5 Å². The summed E-state index contributed by atoms with van der Waals surface area (Å²) < 4.78 is 21.5. The highest BCUT2D eigenvalue weighted by Gasteiger charge is 2.29. The van der Waals surface area contributed by atoms with E-state index in [-0.39, 0.29) is 25.5 Å². The highest BCUT2D eigenvalue weighted by molar-refractivity contribution is 5.79. The zero-order chi connectivity index (χ0) is 25.7. The molecule has 0 fully saturated rings. The number of amides is 1. The molecule has 0 aliphatic heterocycles. The molecule has 1 unspecified atom stereocenters. The Balaban J connectivity index is 1.39. The van der Waals surface area contributed by atoms with E-state index in [0.717, 1.165) is 22.3 Å². The molecule has 0 aromatic heterocycles. The molecule has 1 atom stereocenters. The van der Waals surface area contributed by atoms with Gasteiger partial charge in [0.05, 0.1) is 27.2 Å². The number of rotatable bonds is 10. The minimum Gasteiger partial charge on any atom is -0.493 e. The summed E-state index contributed by atoms with van der Waals surface area (Å²) in [5, 5.41) is 12.3. The molecular formula is C28H29NO7. The fraction of sp³-hybridized carbons (Fsp3) is 0.286. The number of methoxy groups -OCH3 is 3. The normalized spacial score (nSPS) is 12.8. The zero-order valence-electron chi connectivity index (χ0n) is 20.4. The molecule has 0 saturated carbocycles. The summed E-state index contributed by atoms with van der Waals surface area (Å²) in [7, 11) is 4.49. The van der Waals surface area contributed by atoms with Gasteiger partial charge in [-0.05, 0) is 46.4 Å². The molecule has 0 bridgehead atoms. The predicted molar refractivity (Wildman–Crippen MR) is 134 cm³/mol. The first kappa shape index (κ1) is 24.9. The van der Waals surface area contributed by atoms with Crippen LogP contribution in [-0.4, -0.2) is 51.7 Å². The van der Waals surface area contributed by atoms with Gasteiger partial charge in [0.25, 0.3) is 0 Å². The Morgan fingerprint density at radius 2 is 1.44 bits per heavy atom. The van der Waals surface area contributed by atoms with Crippen molar-refractivity contribution in [3.8, 4) is 28.4 Å². The molecule has 3 aromatic carbocycles. The smallest absolute Gasteiger partial charge is 0.407 e. The van der Waals surface area contributed by atoms with Crippen LogP contribution in [0, 0.1) is 5.92 Å². The van der Waals surface area contributed by atoms with Crippen LogP contribution in [0.3, 0.4) is 0 Å². The van der Waals surface area contributed by atoms with Crippen LogP contribution in [0.1, 0.15) is 22.6 Å². The van der Waals surface area contributed by atoms with Gasteiger partial charge in [-0.1, -0.05) is 48.5 Å². The number of carboxylic acids is 1. The summed E-state index contributed by atoms with van der Waals surface area (Å²) >= 11 is 0. The third kappa shape index (κ3) is 5.07. The number of fused-ring (bicyclic) bond motifs is 3. The monoisotopic (exact) mass is 491 g/mol. The third-order valence-corrected chi connectivity index (χ3v) is 6.39. The molecular weight excluding hydrogens is 462 g/mol. The Hall–Kier alpha value is -4.20. The molecule has 0 heterocycles. The van der Waals surface area contributed by atoms with Gasteiger partial charge in [-0.25, -0.2) is 4.79 Å². The zero-order valence-corrected chi connectivity index (χ0v) is 20.4. The minimum absolute atomic E-state index is 0.0716. The van der Waals surface area contributed by atoms with Crippen molar-refractivity contribution in [2.24, 2.45) is 5.92 Å². The van der Waals surface area contributed by atoms with Gasteiger partial charge in [-0.2, -0.15) is 0 Å². The van der Waals surface area contributed by atoms with Gasteiger partial charge in [0.1, 0.15) is 6.61 Å². The summed E-state index contributed by atoms with van der Waals surface area (Å²) in [5.41, 5.74) is 5.16. The number of ether oxygens (including phenoxy) is 4. The van der Waals surface area contributed by atoms with E-state index in [9.17, 15) is 14.7 Å². The summed E-state index contributed by atoms with van der Waals surface area (Å²) in [4.78, 5) is 24.4. The van der Waals surface area contributed by atoms with Crippen LogP contribution in [0.4, 0.5) is 4.79 Å². The molecule has 0 spiro atoms. The minimum atomic E-state index is -1.04. The fourth-order valence-electron chi connectivity index (χ4n) is 4.64. The van der Waals surface area contributed by atoms with Gasteiger partial charge in [0.2, 0.25) is 5.75 Å². The van der Waals surface area contributed by atoms with E-state index in [0.29, 0.717) is 22.8 Å². The van der Waals surface area contributed by atoms with Crippen LogP contribution in [0.5, 0.6) is 17.2 Å². The van der Waals surface area contributed by atoms with Crippen molar-refractivity contribution in [2.45, 2.75) is 12.3 Å². The van der Waals surface area contributed by atoms with E-state index < -0.39 is 18.0 Å². The van der Waals surface area contributed by atoms with E-state index in [1.54, 1.807) is 12.1 Å². The maximum atomic E-state index is 12.5.